The lowest BCUT2D eigenvalue weighted by Crippen LogP contribution is -2.38. The van der Waals surface area contributed by atoms with Gasteiger partial charge in [0.1, 0.15) is 11.9 Å². The van der Waals surface area contributed by atoms with Crippen molar-refractivity contribution in [2.75, 3.05) is 11.4 Å². The summed E-state index contributed by atoms with van der Waals surface area (Å²) >= 11 is 0. The molecule has 2 aromatic heterocycles. The van der Waals surface area contributed by atoms with Gasteiger partial charge in [-0.05, 0) is 49.8 Å². The minimum Gasteiger partial charge on any atom is -0.351 e. The van der Waals surface area contributed by atoms with Crippen LogP contribution in [0.4, 0.5) is 5.82 Å². The van der Waals surface area contributed by atoms with Crippen LogP contribution in [0.15, 0.2) is 29.2 Å². The zero-order valence-corrected chi connectivity index (χ0v) is 13.5. The van der Waals surface area contributed by atoms with Gasteiger partial charge in [-0.3, -0.25) is 4.79 Å². The zero-order chi connectivity index (χ0) is 16.5. The molecule has 24 heavy (non-hydrogen) atoms. The van der Waals surface area contributed by atoms with Gasteiger partial charge in [-0.15, -0.1) is 0 Å². The van der Waals surface area contributed by atoms with Crippen LogP contribution in [0.3, 0.4) is 0 Å². The molecule has 1 aliphatic heterocycles. The van der Waals surface area contributed by atoms with Gasteiger partial charge in [0.25, 0.3) is 5.56 Å². The summed E-state index contributed by atoms with van der Waals surface area (Å²) in [6, 6.07) is 7.68. The van der Waals surface area contributed by atoms with Gasteiger partial charge in [-0.25, -0.2) is 9.67 Å². The Bertz CT molecular complexity index is 866. The number of pyridine rings is 1. The lowest BCUT2D eigenvalue weighted by atomic mass is 10.2. The molecule has 1 saturated heterocycles. The Morgan fingerprint density at radius 3 is 3.12 bits per heavy atom. The first-order valence-electron chi connectivity index (χ1n) is 8.48. The summed E-state index contributed by atoms with van der Waals surface area (Å²) in [4.78, 5) is 18.9. The molecule has 4 rings (SSSR count). The maximum absolute atomic E-state index is 12.3. The second-order valence-corrected chi connectivity index (χ2v) is 6.47. The monoisotopic (exact) mass is 321 g/mol. The van der Waals surface area contributed by atoms with Crippen molar-refractivity contribution in [3.05, 3.63) is 51.6 Å². The van der Waals surface area contributed by atoms with Gasteiger partial charge < -0.3 is 4.90 Å². The van der Waals surface area contributed by atoms with Crippen molar-refractivity contribution < 1.29 is 0 Å². The third-order valence-corrected chi connectivity index (χ3v) is 4.96. The van der Waals surface area contributed by atoms with E-state index in [0.29, 0.717) is 12.1 Å². The van der Waals surface area contributed by atoms with Crippen molar-refractivity contribution in [1.29, 1.82) is 5.26 Å². The Labute approximate surface area is 140 Å². The predicted octanol–water partition coefficient (Wildman–Crippen LogP) is 1.67. The minimum absolute atomic E-state index is 0.0240. The van der Waals surface area contributed by atoms with E-state index in [1.54, 1.807) is 29.1 Å². The molecule has 2 aliphatic rings. The van der Waals surface area contributed by atoms with Gasteiger partial charge in [0, 0.05) is 18.8 Å². The van der Waals surface area contributed by atoms with Gasteiger partial charge in [0.05, 0.1) is 23.8 Å². The maximum atomic E-state index is 12.3. The van der Waals surface area contributed by atoms with Crippen LogP contribution in [0.1, 0.15) is 36.1 Å². The van der Waals surface area contributed by atoms with Gasteiger partial charge in [-0.2, -0.15) is 10.4 Å². The summed E-state index contributed by atoms with van der Waals surface area (Å²) < 4.78 is 1.60. The number of fused-ring (bicyclic) bond motifs is 1. The average Bonchev–Trinajstić information content (AvgIpc) is 3.24. The highest BCUT2D eigenvalue weighted by atomic mass is 16.1. The number of nitrogens with zero attached hydrogens (tertiary/aromatic N) is 5. The SMILES string of the molecule is N#Cc1cccnc1N1CCCC1Cn1nc2c(cc1=O)CCC2. The summed E-state index contributed by atoms with van der Waals surface area (Å²) in [6.45, 7) is 1.41. The maximum Gasteiger partial charge on any atom is 0.267 e. The Balaban J connectivity index is 1.63. The second kappa shape index (κ2) is 6.08. The van der Waals surface area contributed by atoms with Gasteiger partial charge in [0.2, 0.25) is 0 Å². The van der Waals surface area contributed by atoms with Gasteiger partial charge in [-0.1, -0.05) is 0 Å². The van der Waals surface area contributed by atoms with Crippen molar-refractivity contribution in [3.8, 4) is 6.07 Å². The van der Waals surface area contributed by atoms with E-state index in [-0.39, 0.29) is 11.6 Å². The molecule has 1 atom stereocenters. The van der Waals surface area contributed by atoms with E-state index < -0.39 is 0 Å². The number of anilines is 1. The third kappa shape index (κ3) is 2.56. The molecule has 1 aliphatic carbocycles. The van der Waals surface area contributed by atoms with Crippen LogP contribution in [0.5, 0.6) is 0 Å². The largest absolute Gasteiger partial charge is 0.351 e. The van der Waals surface area contributed by atoms with Crippen molar-refractivity contribution in [2.45, 2.75) is 44.7 Å². The van der Waals surface area contributed by atoms with E-state index in [2.05, 4.69) is 21.1 Å². The Morgan fingerprint density at radius 1 is 1.33 bits per heavy atom. The summed E-state index contributed by atoms with van der Waals surface area (Å²) in [6.07, 6.45) is 6.74. The zero-order valence-electron chi connectivity index (χ0n) is 13.5. The molecule has 0 radical (unpaired) electrons. The Morgan fingerprint density at radius 2 is 2.25 bits per heavy atom. The highest BCUT2D eigenvalue weighted by Crippen LogP contribution is 2.27. The summed E-state index contributed by atoms with van der Waals surface area (Å²) in [5, 5.41) is 13.9. The molecule has 0 saturated carbocycles. The van der Waals surface area contributed by atoms with E-state index in [1.165, 1.54) is 0 Å². The van der Waals surface area contributed by atoms with Crippen LogP contribution in [0.25, 0.3) is 0 Å². The van der Waals surface area contributed by atoms with E-state index in [4.69, 9.17) is 0 Å². The van der Waals surface area contributed by atoms with Crippen molar-refractivity contribution >= 4 is 5.82 Å². The van der Waals surface area contributed by atoms with Crippen molar-refractivity contribution in [2.24, 2.45) is 0 Å². The van der Waals surface area contributed by atoms with E-state index in [0.717, 1.165) is 55.7 Å². The molecule has 0 aromatic carbocycles. The topological polar surface area (TPSA) is 74.8 Å². The molecular weight excluding hydrogens is 302 g/mol. The van der Waals surface area contributed by atoms with E-state index in [1.807, 2.05) is 0 Å². The standard InChI is InChI=1S/C18H19N5O/c19-11-14-5-2-8-20-18(14)22-9-3-6-15(22)12-23-17(24)10-13-4-1-7-16(13)21-23/h2,5,8,10,15H,1,3-4,6-7,9,12H2. The summed E-state index contributed by atoms with van der Waals surface area (Å²) in [5.74, 6) is 0.719. The van der Waals surface area contributed by atoms with E-state index >= 15 is 0 Å². The number of aryl methyl sites for hydroxylation is 2. The fourth-order valence-electron chi connectivity index (χ4n) is 3.79. The lowest BCUT2D eigenvalue weighted by molar-refractivity contribution is 0.481. The Hall–Kier alpha value is -2.68. The fourth-order valence-corrected chi connectivity index (χ4v) is 3.79. The summed E-state index contributed by atoms with van der Waals surface area (Å²) in [7, 11) is 0. The molecule has 0 bridgehead atoms. The number of nitriles is 1. The summed E-state index contributed by atoms with van der Waals surface area (Å²) in [5.41, 5.74) is 2.73. The van der Waals surface area contributed by atoms with Crippen LogP contribution >= 0.6 is 0 Å². The molecule has 0 amide bonds. The highest BCUT2D eigenvalue weighted by molar-refractivity contribution is 5.54. The molecule has 122 valence electrons. The van der Waals surface area contributed by atoms with Crippen molar-refractivity contribution in [1.82, 2.24) is 14.8 Å². The van der Waals surface area contributed by atoms with Crippen molar-refractivity contribution in [3.63, 3.8) is 0 Å². The molecule has 6 nitrogen and oxygen atoms in total. The number of rotatable bonds is 3. The molecule has 6 heteroatoms. The lowest BCUT2D eigenvalue weighted by Gasteiger charge is -2.26. The molecule has 0 spiro atoms. The number of aromatic nitrogens is 3. The highest BCUT2D eigenvalue weighted by Gasteiger charge is 2.28. The second-order valence-electron chi connectivity index (χ2n) is 6.47. The predicted molar refractivity (Wildman–Crippen MR) is 89.8 cm³/mol. The fraction of sp³-hybridized carbons (Fsp3) is 0.444. The third-order valence-electron chi connectivity index (χ3n) is 4.96. The molecule has 2 aromatic rings. The van der Waals surface area contributed by atoms with Gasteiger partial charge >= 0.3 is 0 Å². The van der Waals surface area contributed by atoms with Crippen LogP contribution in [0, 0.1) is 11.3 Å². The van der Waals surface area contributed by atoms with E-state index in [9.17, 15) is 10.1 Å². The molecular formula is C18H19N5O. The normalized spacial score (nSPS) is 19.3. The van der Waals surface area contributed by atoms with Crippen LogP contribution in [-0.4, -0.2) is 27.4 Å². The first-order valence-corrected chi connectivity index (χ1v) is 8.48. The molecule has 0 N–H and O–H groups in total. The van der Waals surface area contributed by atoms with Gasteiger partial charge in [0.15, 0.2) is 0 Å². The quantitative estimate of drug-likeness (QED) is 0.859. The van der Waals surface area contributed by atoms with Crippen LogP contribution in [0.2, 0.25) is 0 Å². The number of hydrogen-bond acceptors (Lipinski definition) is 5. The van der Waals surface area contributed by atoms with Crippen LogP contribution < -0.4 is 10.5 Å². The smallest absolute Gasteiger partial charge is 0.267 e. The molecule has 1 unspecified atom stereocenters. The first-order chi connectivity index (χ1) is 11.8. The first kappa shape index (κ1) is 14.9. The molecule has 1 fully saturated rings. The number of hydrogen-bond donors (Lipinski definition) is 0. The Kier molecular flexibility index (Phi) is 3.77. The average molecular weight is 321 g/mol. The van der Waals surface area contributed by atoms with Crippen LogP contribution in [-0.2, 0) is 19.4 Å². The molecule has 3 heterocycles. The minimum atomic E-state index is -0.0240.